The Kier molecular flexibility index (Phi) is 6.09. The molecule has 3 aromatic rings. The fourth-order valence-electron chi connectivity index (χ4n) is 2.30. The molecule has 2 aromatic carbocycles. The number of thioether (sulfide) groups is 1. The normalized spacial score (nSPS) is 11.7. The maximum Gasteiger partial charge on any atom is 0.317 e. The lowest BCUT2D eigenvalue weighted by Crippen LogP contribution is -2.15. The number of rotatable bonds is 6. The van der Waals surface area contributed by atoms with E-state index in [4.69, 9.17) is 16.3 Å². The molecule has 3 rings (SSSR count). The Morgan fingerprint density at radius 2 is 1.72 bits per heavy atom. The maximum absolute atomic E-state index is 12.3. The summed E-state index contributed by atoms with van der Waals surface area (Å²) >= 11 is 7.29. The third kappa shape index (κ3) is 5.08. The molecule has 0 bridgehead atoms. The molecule has 3 nitrogen and oxygen atoms in total. The highest BCUT2D eigenvalue weighted by Crippen LogP contribution is 2.26. The van der Waals surface area contributed by atoms with Crippen LogP contribution in [-0.2, 0) is 9.53 Å². The van der Waals surface area contributed by atoms with Crippen LogP contribution in [0.5, 0.6) is 0 Å². The smallest absolute Gasteiger partial charge is 0.317 e. The van der Waals surface area contributed by atoms with Crippen molar-refractivity contribution in [3.05, 3.63) is 95.3 Å². The number of nitrogens with zero attached hydrogens (tertiary/aromatic N) is 1. The predicted octanol–water partition coefficient (Wildman–Crippen LogP) is 5.16. The average Bonchev–Trinajstić information content (AvgIpc) is 2.67. The summed E-state index contributed by atoms with van der Waals surface area (Å²) in [6, 6.07) is 22.6. The fraction of sp³-hybridized carbons (Fsp3) is 0.100. The number of halogens is 1. The zero-order valence-corrected chi connectivity index (χ0v) is 14.9. The minimum absolute atomic E-state index is 0.220. The van der Waals surface area contributed by atoms with Crippen molar-refractivity contribution in [3.8, 4) is 0 Å². The van der Waals surface area contributed by atoms with Crippen LogP contribution in [0.15, 0.2) is 83.9 Å². The van der Waals surface area contributed by atoms with E-state index in [2.05, 4.69) is 4.98 Å². The standard InChI is InChI=1S/C20H16ClNO2S/c21-16-9-11-17(12-10-16)25-14-19(23)24-20(15-6-2-1-3-7-15)18-8-4-5-13-22-18/h1-13,20H,14H2. The van der Waals surface area contributed by atoms with Gasteiger partial charge >= 0.3 is 5.97 Å². The molecular weight excluding hydrogens is 354 g/mol. The number of carbonyl (C=O) groups is 1. The largest absolute Gasteiger partial charge is 0.450 e. The van der Waals surface area contributed by atoms with Gasteiger partial charge in [-0.2, -0.15) is 0 Å². The lowest BCUT2D eigenvalue weighted by atomic mass is 10.1. The number of pyridine rings is 1. The molecule has 0 radical (unpaired) electrons. The topological polar surface area (TPSA) is 39.2 Å². The molecule has 5 heteroatoms. The second kappa shape index (κ2) is 8.70. The molecule has 1 atom stereocenters. The van der Waals surface area contributed by atoms with Crippen LogP contribution in [-0.4, -0.2) is 16.7 Å². The molecule has 0 N–H and O–H groups in total. The molecule has 126 valence electrons. The van der Waals surface area contributed by atoms with Crippen molar-refractivity contribution in [1.29, 1.82) is 0 Å². The number of esters is 1. The van der Waals surface area contributed by atoms with Crippen molar-refractivity contribution < 1.29 is 9.53 Å². The summed E-state index contributed by atoms with van der Waals surface area (Å²) in [5, 5.41) is 0.672. The minimum atomic E-state index is -0.513. The second-order valence-corrected chi connectivity index (χ2v) is 6.76. The Labute approximate surface area is 156 Å². The lowest BCUT2D eigenvalue weighted by molar-refractivity contribution is -0.144. The number of hydrogen-bond donors (Lipinski definition) is 0. The van der Waals surface area contributed by atoms with E-state index in [1.807, 2.05) is 60.7 Å². The van der Waals surface area contributed by atoms with Gasteiger partial charge in [-0.1, -0.05) is 48.0 Å². The Hall–Kier alpha value is -2.30. The average molecular weight is 370 g/mol. The van der Waals surface area contributed by atoms with Gasteiger partial charge in [0.05, 0.1) is 11.4 Å². The van der Waals surface area contributed by atoms with Crippen LogP contribution in [0.3, 0.4) is 0 Å². The van der Waals surface area contributed by atoms with Crippen LogP contribution < -0.4 is 0 Å². The zero-order chi connectivity index (χ0) is 17.5. The van der Waals surface area contributed by atoms with E-state index in [1.54, 1.807) is 18.3 Å². The van der Waals surface area contributed by atoms with Crippen LogP contribution in [0.2, 0.25) is 5.02 Å². The highest BCUT2D eigenvalue weighted by Gasteiger charge is 2.20. The van der Waals surface area contributed by atoms with Crippen LogP contribution in [0, 0.1) is 0 Å². The van der Waals surface area contributed by atoms with E-state index in [1.165, 1.54) is 11.8 Å². The van der Waals surface area contributed by atoms with Gasteiger partial charge in [0.15, 0.2) is 6.10 Å². The van der Waals surface area contributed by atoms with Crippen LogP contribution >= 0.6 is 23.4 Å². The van der Waals surface area contributed by atoms with Crippen LogP contribution in [0.4, 0.5) is 0 Å². The lowest BCUT2D eigenvalue weighted by Gasteiger charge is -2.17. The molecule has 0 aliphatic rings. The maximum atomic E-state index is 12.3. The number of aromatic nitrogens is 1. The van der Waals surface area contributed by atoms with E-state index < -0.39 is 6.10 Å². The van der Waals surface area contributed by atoms with E-state index in [0.717, 1.165) is 10.5 Å². The van der Waals surface area contributed by atoms with Gasteiger partial charge in [0.1, 0.15) is 0 Å². The number of hydrogen-bond acceptors (Lipinski definition) is 4. The van der Waals surface area contributed by atoms with Crippen molar-refractivity contribution in [1.82, 2.24) is 4.98 Å². The minimum Gasteiger partial charge on any atom is -0.450 e. The summed E-state index contributed by atoms with van der Waals surface area (Å²) in [6.45, 7) is 0. The van der Waals surface area contributed by atoms with E-state index in [0.29, 0.717) is 10.7 Å². The number of ether oxygens (including phenoxy) is 1. The van der Waals surface area contributed by atoms with Gasteiger partial charge in [-0.05, 0) is 42.0 Å². The summed E-state index contributed by atoms with van der Waals surface area (Å²) in [7, 11) is 0. The third-order valence-electron chi connectivity index (χ3n) is 3.48. The molecule has 1 heterocycles. The molecule has 0 amide bonds. The van der Waals surface area contributed by atoms with Crippen LogP contribution in [0.1, 0.15) is 17.4 Å². The van der Waals surface area contributed by atoms with Crippen molar-refractivity contribution in [2.45, 2.75) is 11.0 Å². The van der Waals surface area contributed by atoms with Gasteiger partial charge in [0, 0.05) is 16.1 Å². The first kappa shape index (κ1) is 17.5. The monoisotopic (exact) mass is 369 g/mol. The second-order valence-electron chi connectivity index (χ2n) is 5.28. The summed E-state index contributed by atoms with van der Waals surface area (Å²) < 4.78 is 5.72. The van der Waals surface area contributed by atoms with Gasteiger partial charge in [-0.15, -0.1) is 11.8 Å². The molecule has 0 saturated carbocycles. The quantitative estimate of drug-likeness (QED) is 0.444. The van der Waals surface area contributed by atoms with Crippen molar-refractivity contribution >= 4 is 29.3 Å². The predicted molar refractivity (Wildman–Crippen MR) is 101 cm³/mol. The highest BCUT2D eigenvalue weighted by atomic mass is 35.5. The molecule has 0 aliphatic carbocycles. The van der Waals surface area contributed by atoms with Gasteiger partial charge in [-0.3, -0.25) is 9.78 Å². The van der Waals surface area contributed by atoms with E-state index in [-0.39, 0.29) is 11.7 Å². The Morgan fingerprint density at radius 3 is 2.40 bits per heavy atom. The highest BCUT2D eigenvalue weighted by molar-refractivity contribution is 8.00. The fourth-order valence-corrected chi connectivity index (χ4v) is 3.10. The Bertz CT molecular complexity index is 771. The van der Waals surface area contributed by atoms with Gasteiger partial charge < -0.3 is 4.74 Å². The SMILES string of the molecule is O=C(CSc1ccc(Cl)cc1)OC(c1ccccc1)c1ccccn1. The van der Waals surface area contributed by atoms with Crippen molar-refractivity contribution in [2.75, 3.05) is 5.75 Å². The molecule has 1 unspecified atom stereocenters. The first-order chi connectivity index (χ1) is 12.2. The third-order valence-corrected chi connectivity index (χ3v) is 4.72. The first-order valence-corrected chi connectivity index (χ1v) is 9.12. The molecular formula is C20H16ClNO2S. The molecule has 25 heavy (non-hydrogen) atoms. The Morgan fingerprint density at radius 1 is 1.00 bits per heavy atom. The summed E-state index contributed by atoms with van der Waals surface area (Å²) in [5.74, 6) is -0.0721. The molecule has 0 aliphatic heterocycles. The van der Waals surface area contributed by atoms with E-state index in [9.17, 15) is 4.79 Å². The number of carbonyl (C=O) groups excluding carboxylic acids is 1. The van der Waals surface area contributed by atoms with Gasteiger partial charge in [0.2, 0.25) is 0 Å². The molecule has 0 fully saturated rings. The summed E-state index contributed by atoms with van der Waals surface area (Å²) in [5.41, 5.74) is 1.60. The van der Waals surface area contributed by atoms with Gasteiger partial charge in [-0.25, -0.2) is 0 Å². The molecule has 0 spiro atoms. The molecule has 0 saturated heterocycles. The Balaban J connectivity index is 1.69. The zero-order valence-electron chi connectivity index (χ0n) is 13.3. The summed E-state index contributed by atoms with van der Waals surface area (Å²) in [6.07, 6.45) is 1.18. The summed E-state index contributed by atoms with van der Waals surface area (Å²) in [4.78, 5) is 17.6. The van der Waals surface area contributed by atoms with Crippen molar-refractivity contribution in [2.24, 2.45) is 0 Å². The van der Waals surface area contributed by atoms with Crippen molar-refractivity contribution in [3.63, 3.8) is 0 Å². The van der Waals surface area contributed by atoms with Crippen LogP contribution in [0.25, 0.3) is 0 Å². The van der Waals surface area contributed by atoms with E-state index >= 15 is 0 Å². The number of benzene rings is 2. The van der Waals surface area contributed by atoms with Gasteiger partial charge in [0.25, 0.3) is 0 Å². The molecule has 1 aromatic heterocycles. The first-order valence-electron chi connectivity index (χ1n) is 7.76.